The Morgan fingerprint density at radius 1 is 1.29 bits per heavy atom. The second kappa shape index (κ2) is 6.01. The molecular formula is C14H12BrN3O3. The normalized spacial score (nSPS) is 10.2. The summed E-state index contributed by atoms with van der Waals surface area (Å²) >= 11 is 3.24. The van der Waals surface area contributed by atoms with Gasteiger partial charge in [0.1, 0.15) is 5.69 Å². The van der Waals surface area contributed by atoms with Gasteiger partial charge in [0.05, 0.1) is 10.6 Å². The topological polar surface area (TPSA) is 85.1 Å². The van der Waals surface area contributed by atoms with Crippen molar-refractivity contribution in [3.8, 4) is 0 Å². The zero-order valence-corrected chi connectivity index (χ0v) is 13.0. The van der Waals surface area contributed by atoms with Crippen LogP contribution in [0.5, 0.6) is 0 Å². The average molecular weight is 350 g/mol. The van der Waals surface area contributed by atoms with Gasteiger partial charge < -0.3 is 5.32 Å². The molecule has 0 aliphatic carbocycles. The summed E-state index contributed by atoms with van der Waals surface area (Å²) in [7, 11) is 0. The first-order valence-corrected chi connectivity index (χ1v) is 6.86. The van der Waals surface area contributed by atoms with E-state index in [-0.39, 0.29) is 11.4 Å². The first-order valence-electron chi connectivity index (χ1n) is 6.07. The molecule has 0 spiro atoms. The van der Waals surface area contributed by atoms with Crippen LogP contribution >= 0.6 is 15.9 Å². The van der Waals surface area contributed by atoms with E-state index in [0.717, 1.165) is 10.0 Å². The van der Waals surface area contributed by atoms with Crippen molar-refractivity contribution in [2.75, 3.05) is 5.32 Å². The van der Waals surface area contributed by atoms with Crippen LogP contribution < -0.4 is 5.32 Å². The molecule has 1 aromatic carbocycles. The predicted molar refractivity (Wildman–Crippen MR) is 82.5 cm³/mol. The molecule has 0 atom stereocenters. The summed E-state index contributed by atoms with van der Waals surface area (Å²) in [5, 5.41) is 13.6. The number of aryl methyl sites for hydroxylation is 2. The van der Waals surface area contributed by atoms with Crippen LogP contribution in [0.4, 0.5) is 11.4 Å². The van der Waals surface area contributed by atoms with Crippen LogP contribution in [0.2, 0.25) is 0 Å². The highest BCUT2D eigenvalue weighted by atomic mass is 79.9. The summed E-state index contributed by atoms with van der Waals surface area (Å²) < 4.78 is 0.765. The summed E-state index contributed by atoms with van der Waals surface area (Å²) in [5.74, 6) is -0.413. The fourth-order valence-corrected chi connectivity index (χ4v) is 2.10. The Kier molecular flexibility index (Phi) is 4.32. The van der Waals surface area contributed by atoms with Crippen LogP contribution in [-0.2, 0) is 0 Å². The molecule has 2 aromatic rings. The molecule has 7 heteroatoms. The standard InChI is InChI=1S/C14H12BrN3O3/c1-8-5-9(2)13(18(20)21)6-12(8)17-14(19)11-4-3-10(15)7-16-11/h3-7H,1-2H3,(H,17,19). The minimum atomic E-state index is -0.470. The Balaban J connectivity index is 2.30. The summed E-state index contributed by atoms with van der Waals surface area (Å²) in [6, 6.07) is 6.30. The summed E-state index contributed by atoms with van der Waals surface area (Å²) in [6.07, 6.45) is 1.51. The second-order valence-corrected chi connectivity index (χ2v) is 5.44. The molecule has 1 N–H and O–H groups in total. The van der Waals surface area contributed by atoms with Crippen molar-refractivity contribution in [2.24, 2.45) is 0 Å². The maximum absolute atomic E-state index is 12.1. The lowest BCUT2D eigenvalue weighted by molar-refractivity contribution is -0.385. The maximum Gasteiger partial charge on any atom is 0.274 e. The fourth-order valence-electron chi connectivity index (χ4n) is 1.87. The molecule has 1 aromatic heterocycles. The summed E-state index contributed by atoms with van der Waals surface area (Å²) in [5.41, 5.74) is 1.92. The highest BCUT2D eigenvalue weighted by molar-refractivity contribution is 9.10. The van der Waals surface area contributed by atoms with Gasteiger partial charge in [0, 0.05) is 22.3 Å². The van der Waals surface area contributed by atoms with Gasteiger partial charge in [0.15, 0.2) is 0 Å². The monoisotopic (exact) mass is 349 g/mol. The molecule has 6 nitrogen and oxygen atoms in total. The lowest BCUT2D eigenvalue weighted by atomic mass is 10.1. The number of amides is 1. The van der Waals surface area contributed by atoms with E-state index >= 15 is 0 Å². The quantitative estimate of drug-likeness (QED) is 0.677. The largest absolute Gasteiger partial charge is 0.320 e. The van der Waals surface area contributed by atoms with E-state index in [2.05, 4.69) is 26.2 Å². The van der Waals surface area contributed by atoms with E-state index < -0.39 is 10.8 Å². The molecule has 2 rings (SSSR count). The Labute approximate surface area is 129 Å². The Morgan fingerprint density at radius 2 is 2.00 bits per heavy atom. The van der Waals surface area contributed by atoms with Crippen molar-refractivity contribution in [3.05, 3.63) is 61.9 Å². The predicted octanol–water partition coefficient (Wildman–Crippen LogP) is 3.62. The number of nitrogens with one attached hydrogen (secondary N) is 1. The molecule has 0 aliphatic rings. The number of carbonyl (C=O) groups excluding carboxylic acids is 1. The number of nitro groups is 1. The zero-order valence-electron chi connectivity index (χ0n) is 11.4. The number of rotatable bonds is 3. The number of halogens is 1. The van der Waals surface area contributed by atoms with Gasteiger partial charge in [-0.15, -0.1) is 0 Å². The van der Waals surface area contributed by atoms with Crippen LogP contribution in [-0.4, -0.2) is 15.8 Å². The Hall–Kier alpha value is -2.28. The van der Waals surface area contributed by atoms with Gasteiger partial charge in [-0.3, -0.25) is 14.9 Å². The molecule has 0 saturated carbocycles. The lowest BCUT2D eigenvalue weighted by Crippen LogP contribution is -2.14. The molecule has 0 bridgehead atoms. The fraction of sp³-hybridized carbons (Fsp3) is 0.143. The molecule has 21 heavy (non-hydrogen) atoms. The molecule has 0 saturated heterocycles. The van der Waals surface area contributed by atoms with Crippen LogP contribution in [0.25, 0.3) is 0 Å². The van der Waals surface area contributed by atoms with Crippen molar-refractivity contribution in [3.63, 3.8) is 0 Å². The van der Waals surface area contributed by atoms with Crippen molar-refractivity contribution in [2.45, 2.75) is 13.8 Å². The molecule has 0 aliphatic heterocycles. The first-order chi connectivity index (χ1) is 9.88. The van der Waals surface area contributed by atoms with Gasteiger partial charge in [0.2, 0.25) is 0 Å². The van der Waals surface area contributed by atoms with Crippen molar-refractivity contribution in [1.82, 2.24) is 4.98 Å². The molecule has 1 heterocycles. The average Bonchev–Trinajstić information content (AvgIpc) is 2.42. The molecule has 0 fully saturated rings. The SMILES string of the molecule is Cc1cc(C)c([N+](=O)[O-])cc1NC(=O)c1ccc(Br)cn1. The number of hydrogen-bond donors (Lipinski definition) is 1. The van der Waals surface area contributed by atoms with E-state index in [0.29, 0.717) is 11.3 Å². The Bertz CT molecular complexity index is 714. The van der Waals surface area contributed by atoms with Crippen molar-refractivity contribution < 1.29 is 9.72 Å². The van der Waals surface area contributed by atoms with Crippen LogP contribution in [0.3, 0.4) is 0 Å². The first kappa shape index (κ1) is 15.1. The maximum atomic E-state index is 12.1. The van der Waals surface area contributed by atoms with Crippen molar-refractivity contribution >= 4 is 33.2 Å². The van der Waals surface area contributed by atoms with E-state index in [1.165, 1.54) is 12.3 Å². The third-order valence-electron chi connectivity index (χ3n) is 2.95. The van der Waals surface area contributed by atoms with Crippen LogP contribution in [0, 0.1) is 24.0 Å². The number of aromatic nitrogens is 1. The third-order valence-corrected chi connectivity index (χ3v) is 3.42. The smallest absolute Gasteiger partial charge is 0.274 e. The number of nitro benzene ring substituents is 1. The number of carbonyl (C=O) groups is 1. The minimum Gasteiger partial charge on any atom is -0.320 e. The van der Waals surface area contributed by atoms with E-state index in [9.17, 15) is 14.9 Å². The van der Waals surface area contributed by atoms with Gasteiger partial charge in [-0.2, -0.15) is 0 Å². The molecular weight excluding hydrogens is 338 g/mol. The van der Waals surface area contributed by atoms with E-state index in [1.807, 2.05) is 0 Å². The van der Waals surface area contributed by atoms with Gasteiger partial charge in [0.25, 0.3) is 11.6 Å². The van der Waals surface area contributed by atoms with Gasteiger partial charge >= 0.3 is 0 Å². The number of nitrogens with zero attached hydrogens (tertiary/aromatic N) is 2. The van der Waals surface area contributed by atoms with Crippen LogP contribution in [0.15, 0.2) is 34.9 Å². The molecule has 0 unspecified atom stereocenters. The van der Waals surface area contributed by atoms with Crippen molar-refractivity contribution in [1.29, 1.82) is 0 Å². The van der Waals surface area contributed by atoms with Gasteiger partial charge in [-0.25, -0.2) is 4.98 Å². The number of hydrogen-bond acceptors (Lipinski definition) is 4. The summed E-state index contributed by atoms with van der Waals surface area (Å²) in [6.45, 7) is 3.44. The number of pyridine rings is 1. The number of benzene rings is 1. The third kappa shape index (κ3) is 3.43. The zero-order chi connectivity index (χ0) is 15.6. The van der Waals surface area contributed by atoms with Crippen LogP contribution in [0.1, 0.15) is 21.6 Å². The highest BCUT2D eigenvalue weighted by Gasteiger charge is 2.16. The van der Waals surface area contributed by atoms with Gasteiger partial charge in [-0.05, 0) is 53.5 Å². The molecule has 0 radical (unpaired) electrons. The molecule has 108 valence electrons. The Morgan fingerprint density at radius 3 is 2.57 bits per heavy atom. The van der Waals surface area contributed by atoms with E-state index in [1.54, 1.807) is 32.0 Å². The minimum absolute atomic E-state index is 0.0281. The highest BCUT2D eigenvalue weighted by Crippen LogP contribution is 2.26. The van der Waals surface area contributed by atoms with Gasteiger partial charge in [-0.1, -0.05) is 0 Å². The summed E-state index contributed by atoms with van der Waals surface area (Å²) in [4.78, 5) is 26.6. The van der Waals surface area contributed by atoms with E-state index in [4.69, 9.17) is 0 Å². The second-order valence-electron chi connectivity index (χ2n) is 4.53. The lowest BCUT2D eigenvalue weighted by Gasteiger charge is -2.09. The molecule has 1 amide bonds. The number of anilines is 1.